The first-order chi connectivity index (χ1) is 10.1. The Bertz CT molecular complexity index is 455. The molecule has 21 heavy (non-hydrogen) atoms. The average Bonchev–Trinajstić information content (AvgIpc) is 2.49. The molecule has 0 radical (unpaired) electrons. The molecule has 4 N–H and O–H groups in total. The van der Waals surface area contributed by atoms with E-state index in [-0.39, 0.29) is 11.9 Å². The molecule has 0 saturated heterocycles. The molecule has 0 heterocycles. The lowest BCUT2D eigenvalue weighted by atomic mass is 10.2. The van der Waals surface area contributed by atoms with E-state index >= 15 is 0 Å². The van der Waals surface area contributed by atoms with E-state index in [4.69, 9.17) is 5.73 Å². The monoisotopic (exact) mass is 292 g/mol. The van der Waals surface area contributed by atoms with Gasteiger partial charge in [-0.3, -0.25) is 4.79 Å². The normalized spacial score (nSPS) is 10.0. The lowest BCUT2D eigenvalue weighted by Crippen LogP contribution is -2.35. The van der Waals surface area contributed by atoms with Gasteiger partial charge in [0.25, 0.3) is 0 Å². The molecule has 0 unspecified atom stereocenters. The summed E-state index contributed by atoms with van der Waals surface area (Å²) in [5, 5.41) is 5.38. The van der Waals surface area contributed by atoms with Gasteiger partial charge in [-0.1, -0.05) is 12.1 Å². The van der Waals surface area contributed by atoms with Gasteiger partial charge in [-0.2, -0.15) is 0 Å². The number of hydrogen-bond donors (Lipinski definition) is 3. The number of benzene rings is 1. The third-order valence-electron chi connectivity index (χ3n) is 3.19. The van der Waals surface area contributed by atoms with Crippen LogP contribution in [0, 0.1) is 0 Å². The number of rotatable bonds is 7. The summed E-state index contributed by atoms with van der Waals surface area (Å²) in [5.41, 5.74) is 7.21. The van der Waals surface area contributed by atoms with E-state index in [9.17, 15) is 9.59 Å². The minimum Gasteiger partial charge on any atom is -0.343 e. The number of nitrogens with one attached hydrogen (secondary N) is 2. The summed E-state index contributed by atoms with van der Waals surface area (Å²) in [6.45, 7) is 6.05. The number of nitrogens with two attached hydrogens (primary N) is 1. The van der Waals surface area contributed by atoms with E-state index in [1.54, 1.807) is 17.0 Å². The molecular weight excluding hydrogens is 268 g/mol. The summed E-state index contributed by atoms with van der Waals surface area (Å²) in [6.07, 6.45) is 0.307. The second-order valence-electron chi connectivity index (χ2n) is 4.60. The maximum Gasteiger partial charge on any atom is 0.319 e. The zero-order valence-corrected chi connectivity index (χ0v) is 12.7. The molecule has 0 spiro atoms. The lowest BCUT2D eigenvalue weighted by molar-refractivity contribution is -0.130. The standard InChI is InChI=1S/C15H24N4O2/c1-3-19(4-2)14(20)9-10-17-15(21)18-13-7-5-12(11-16)6-8-13/h5-8H,3-4,9-11,16H2,1-2H3,(H2,17,18,21). The van der Waals surface area contributed by atoms with Crippen molar-refractivity contribution in [2.24, 2.45) is 5.73 Å². The molecule has 1 aromatic carbocycles. The quantitative estimate of drug-likeness (QED) is 0.712. The van der Waals surface area contributed by atoms with E-state index in [0.29, 0.717) is 38.3 Å². The number of anilines is 1. The number of carbonyl (C=O) groups is 2. The van der Waals surface area contributed by atoms with Crippen LogP contribution < -0.4 is 16.4 Å². The average molecular weight is 292 g/mol. The highest BCUT2D eigenvalue weighted by molar-refractivity contribution is 5.89. The van der Waals surface area contributed by atoms with Crippen molar-refractivity contribution in [3.05, 3.63) is 29.8 Å². The number of amides is 3. The summed E-state index contributed by atoms with van der Waals surface area (Å²) in [4.78, 5) is 25.2. The number of nitrogens with zero attached hydrogens (tertiary/aromatic N) is 1. The molecule has 3 amide bonds. The maximum absolute atomic E-state index is 11.8. The van der Waals surface area contributed by atoms with Crippen molar-refractivity contribution in [1.82, 2.24) is 10.2 Å². The van der Waals surface area contributed by atoms with Crippen LogP contribution in [0.2, 0.25) is 0 Å². The van der Waals surface area contributed by atoms with Crippen LogP contribution >= 0.6 is 0 Å². The fraction of sp³-hybridized carbons (Fsp3) is 0.467. The summed E-state index contributed by atoms with van der Waals surface area (Å²) in [7, 11) is 0. The predicted octanol–water partition coefficient (Wildman–Crippen LogP) is 1.53. The van der Waals surface area contributed by atoms with E-state index < -0.39 is 0 Å². The second kappa shape index (κ2) is 8.97. The number of hydrogen-bond acceptors (Lipinski definition) is 3. The van der Waals surface area contributed by atoms with Gasteiger partial charge in [0.15, 0.2) is 0 Å². The Morgan fingerprint density at radius 1 is 1.14 bits per heavy atom. The summed E-state index contributed by atoms with van der Waals surface area (Å²) in [6, 6.07) is 6.99. The molecule has 0 aromatic heterocycles. The Labute approximate surface area is 125 Å². The van der Waals surface area contributed by atoms with Crippen molar-refractivity contribution < 1.29 is 9.59 Å². The van der Waals surface area contributed by atoms with Gasteiger partial charge in [0.2, 0.25) is 5.91 Å². The Balaban J connectivity index is 2.32. The van der Waals surface area contributed by atoms with Gasteiger partial charge in [0.05, 0.1) is 0 Å². The van der Waals surface area contributed by atoms with Gasteiger partial charge in [-0.15, -0.1) is 0 Å². The van der Waals surface area contributed by atoms with Crippen molar-refractivity contribution in [2.75, 3.05) is 25.0 Å². The Kier molecular flexibility index (Phi) is 7.25. The molecule has 6 nitrogen and oxygen atoms in total. The van der Waals surface area contributed by atoms with Crippen molar-refractivity contribution in [3.63, 3.8) is 0 Å². The van der Waals surface area contributed by atoms with Crippen LogP contribution in [-0.2, 0) is 11.3 Å². The Morgan fingerprint density at radius 2 is 1.76 bits per heavy atom. The second-order valence-corrected chi connectivity index (χ2v) is 4.60. The van der Waals surface area contributed by atoms with Gasteiger partial charge < -0.3 is 21.3 Å². The topological polar surface area (TPSA) is 87.5 Å². The van der Waals surface area contributed by atoms with Crippen LogP contribution in [0.4, 0.5) is 10.5 Å². The molecule has 0 aliphatic heterocycles. The molecule has 0 saturated carbocycles. The van der Waals surface area contributed by atoms with Crippen molar-refractivity contribution in [2.45, 2.75) is 26.8 Å². The van der Waals surface area contributed by atoms with Crippen molar-refractivity contribution in [1.29, 1.82) is 0 Å². The minimum absolute atomic E-state index is 0.0487. The van der Waals surface area contributed by atoms with Gasteiger partial charge in [0.1, 0.15) is 0 Å². The molecule has 116 valence electrons. The molecular formula is C15H24N4O2. The smallest absolute Gasteiger partial charge is 0.319 e. The zero-order valence-electron chi connectivity index (χ0n) is 12.7. The van der Waals surface area contributed by atoms with Crippen LogP contribution in [0.15, 0.2) is 24.3 Å². The van der Waals surface area contributed by atoms with Crippen LogP contribution in [0.3, 0.4) is 0 Å². The van der Waals surface area contributed by atoms with Gasteiger partial charge >= 0.3 is 6.03 Å². The minimum atomic E-state index is -0.317. The summed E-state index contributed by atoms with van der Waals surface area (Å²) >= 11 is 0. The Hall–Kier alpha value is -2.08. The highest BCUT2D eigenvalue weighted by Gasteiger charge is 2.09. The van der Waals surface area contributed by atoms with Crippen LogP contribution in [0.25, 0.3) is 0 Å². The van der Waals surface area contributed by atoms with Gasteiger partial charge in [0, 0.05) is 38.3 Å². The summed E-state index contributed by atoms with van der Waals surface area (Å²) in [5.74, 6) is 0.0487. The first-order valence-corrected chi connectivity index (χ1v) is 7.22. The third-order valence-corrected chi connectivity index (χ3v) is 3.19. The highest BCUT2D eigenvalue weighted by atomic mass is 16.2. The van der Waals surface area contributed by atoms with Gasteiger partial charge in [-0.25, -0.2) is 4.79 Å². The molecule has 0 bridgehead atoms. The first kappa shape index (κ1) is 17.0. The van der Waals surface area contributed by atoms with Gasteiger partial charge in [-0.05, 0) is 31.5 Å². The first-order valence-electron chi connectivity index (χ1n) is 7.22. The SMILES string of the molecule is CCN(CC)C(=O)CCNC(=O)Nc1ccc(CN)cc1. The van der Waals surface area contributed by atoms with E-state index in [2.05, 4.69) is 10.6 Å². The fourth-order valence-electron chi connectivity index (χ4n) is 1.92. The number of urea groups is 1. The molecule has 0 fully saturated rings. The lowest BCUT2D eigenvalue weighted by Gasteiger charge is -2.18. The van der Waals surface area contributed by atoms with Crippen LogP contribution in [0.1, 0.15) is 25.8 Å². The van der Waals surface area contributed by atoms with E-state index in [1.807, 2.05) is 26.0 Å². The van der Waals surface area contributed by atoms with Crippen LogP contribution in [0.5, 0.6) is 0 Å². The fourth-order valence-corrected chi connectivity index (χ4v) is 1.92. The van der Waals surface area contributed by atoms with Crippen molar-refractivity contribution in [3.8, 4) is 0 Å². The number of carbonyl (C=O) groups excluding carboxylic acids is 2. The molecule has 0 aliphatic carbocycles. The molecule has 1 rings (SSSR count). The Morgan fingerprint density at radius 3 is 2.29 bits per heavy atom. The predicted molar refractivity (Wildman–Crippen MR) is 83.9 cm³/mol. The molecule has 1 aromatic rings. The summed E-state index contributed by atoms with van der Waals surface area (Å²) < 4.78 is 0. The zero-order chi connectivity index (χ0) is 15.7. The van der Waals surface area contributed by atoms with Crippen LogP contribution in [-0.4, -0.2) is 36.5 Å². The maximum atomic E-state index is 11.8. The third kappa shape index (κ3) is 5.83. The van der Waals surface area contributed by atoms with E-state index in [0.717, 1.165) is 5.56 Å². The highest BCUT2D eigenvalue weighted by Crippen LogP contribution is 2.08. The van der Waals surface area contributed by atoms with E-state index in [1.165, 1.54) is 0 Å². The largest absolute Gasteiger partial charge is 0.343 e. The molecule has 0 aliphatic rings. The molecule has 6 heteroatoms. The molecule has 0 atom stereocenters. The van der Waals surface area contributed by atoms with Crippen molar-refractivity contribution >= 4 is 17.6 Å².